The minimum absolute atomic E-state index is 0.133. The van der Waals surface area contributed by atoms with Crippen molar-refractivity contribution in [2.24, 2.45) is 0 Å². The fraction of sp³-hybridized carbons (Fsp3) is 0.182. The number of carbonyl (C=O) groups excluding carboxylic acids is 1. The normalized spacial score (nSPS) is 9.00. The molecule has 1 N–H and O–H groups in total. The zero-order valence-corrected chi connectivity index (χ0v) is 11.3. The van der Waals surface area contributed by atoms with Crippen LogP contribution < -0.4 is 5.32 Å². The summed E-state index contributed by atoms with van der Waals surface area (Å²) < 4.78 is 1.64. The van der Waals surface area contributed by atoms with Crippen molar-refractivity contribution in [3.63, 3.8) is 0 Å². The highest BCUT2D eigenvalue weighted by atomic mass is 79.9. The second kappa shape index (κ2) is 5.94. The lowest BCUT2D eigenvalue weighted by atomic mass is 10.2. The second-order valence-corrected chi connectivity index (χ2v) is 4.50. The van der Waals surface area contributed by atoms with Gasteiger partial charge in [-0.25, -0.2) is 0 Å². The van der Waals surface area contributed by atoms with Gasteiger partial charge in [-0.15, -0.1) is 5.92 Å². The highest BCUT2D eigenvalue weighted by Gasteiger charge is 2.08. The molecule has 1 rings (SSSR count). The van der Waals surface area contributed by atoms with Crippen LogP contribution in [0.4, 0.5) is 0 Å². The van der Waals surface area contributed by atoms with Crippen molar-refractivity contribution < 1.29 is 4.79 Å². The van der Waals surface area contributed by atoms with E-state index in [2.05, 4.69) is 49.0 Å². The molecule has 15 heavy (non-hydrogen) atoms. The number of hydrogen-bond donors (Lipinski definition) is 1. The van der Waals surface area contributed by atoms with Crippen molar-refractivity contribution in [2.75, 3.05) is 6.54 Å². The second-order valence-electron chi connectivity index (χ2n) is 2.73. The van der Waals surface area contributed by atoms with Gasteiger partial charge in [0.05, 0.1) is 12.1 Å². The van der Waals surface area contributed by atoms with Gasteiger partial charge in [-0.05, 0) is 41.1 Å². The van der Waals surface area contributed by atoms with E-state index in [0.717, 1.165) is 8.95 Å². The van der Waals surface area contributed by atoms with Gasteiger partial charge >= 0.3 is 0 Å². The van der Waals surface area contributed by atoms with Crippen LogP contribution in [-0.2, 0) is 0 Å². The summed E-state index contributed by atoms with van der Waals surface area (Å²) in [7, 11) is 0. The Morgan fingerprint density at radius 3 is 2.87 bits per heavy atom. The summed E-state index contributed by atoms with van der Waals surface area (Å²) in [5.74, 6) is 5.36. The first-order valence-corrected chi connectivity index (χ1v) is 5.86. The number of nitrogens with one attached hydrogen (secondary N) is 1. The monoisotopic (exact) mass is 329 g/mol. The van der Waals surface area contributed by atoms with Gasteiger partial charge in [-0.2, -0.15) is 0 Å². The molecule has 0 aliphatic carbocycles. The fourth-order valence-electron chi connectivity index (χ4n) is 0.980. The highest BCUT2D eigenvalue weighted by molar-refractivity contribution is 9.11. The van der Waals surface area contributed by atoms with Gasteiger partial charge in [0.2, 0.25) is 0 Å². The van der Waals surface area contributed by atoms with Gasteiger partial charge < -0.3 is 5.32 Å². The van der Waals surface area contributed by atoms with Crippen LogP contribution in [0.2, 0.25) is 0 Å². The summed E-state index contributed by atoms with van der Waals surface area (Å²) in [5, 5.41) is 2.70. The van der Waals surface area contributed by atoms with Crippen LogP contribution >= 0.6 is 31.9 Å². The predicted octanol–water partition coefficient (Wildman–Crippen LogP) is 2.96. The van der Waals surface area contributed by atoms with E-state index < -0.39 is 0 Å². The van der Waals surface area contributed by atoms with Crippen molar-refractivity contribution >= 4 is 37.8 Å². The minimum atomic E-state index is -0.133. The van der Waals surface area contributed by atoms with Crippen LogP contribution in [0.5, 0.6) is 0 Å². The third-order valence-corrected chi connectivity index (χ3v) is 2.87. The number of amides is 1. The summed E-state index contributed by atoms with van der Waals surface area (Å²) in [5.41, 5.74) is 0.599. The average Bonchev–Trinajstić information content (AvgIpc) is 2.22. The quantitative estimate of drug-likeness (QED) is 0.830. The van der Waals surface area contributed by atoms with Crippen LogP contribution in [0.15, 0.2) is 27.1 Å². The Labute approximate surface area is 106 Å². The standard InChI is InChI=1S/C11H9Br2NO/c1-2-3-6-14-11(15)9-7-8(12)4-5-10(9)13/h4-5,7H,6H2,1H3,(H,14,15). The van der Waals surface area contributed by atoms with Crippen LogP contribution in [0.1, 0.15) is 17.3 Å². The molecule has 4 heteroatoms. The predicted molar refractivity (Wildman–Crippen MR) is 67.6 cm³/mol. The van der Waals surface area contributed by atoms with E-state index in [4.69, 9.17) is 0 Å². The van der Waals surface area contributed by atoms with E-state index in [9.17, 15) is 4.79 Å². The van der Waals surface area contributed by atoms with Crippen LogP contribution in [0.25, 0.3) is 0 Å². The maximum absolute atomic E-state index is 11.7. The number of benzene rings is 1. The molecule has 78 valence electrons. The molecule has 0 aromatic heterocycles. The maximum atomic E-state index is 11.7. The molecule has 0 bridgehead atoms. The lowest BCUT2D eigenvalue weighted by Gasteiger charge is -2.04. The molecule has 0 aliphatic heterocycles. The Morgan fingerprint density at radius 2 is 2.20 bits per heavy atom. The summed E-state index contributed by atoms with van der Waals surface area (Å²) in [6, 6.07) is 5.45. The molecule has 2 nitrogen and oxygen atoms in total. The summed E-state index contributed by atoms with van der Waals surface area (Å²) >= 11 is 6.64. The van der Waals surface area contributed by atoms with Crippen molar-refractivity contribution in [2.45, 2.75) is 6.92 Å². The Morgan fingerprint density at radius 1 is 1.47 bits per heavy atom. The van der Waals surface area contributed by atoms with Crippen molar-refractivity contribution in [3.8, 4) is 11.8 Å². The van der Waals surface area contributed by atoms with Crippen molar-refractivity contribution in [1.82, 2.24) is 5.32 Å². The Kier molecular flexibility index (Phi) is 4.86. The lowest BCUT2D eigenvalue weighted by molar-refractivity contribution is 0.0958. The Bertz CT molecular complexity index is 432. The van der Waals surface area contributed by atoms with E-state index in [1.165, 1.54) is 0 Å². The highest BCUT2D eigenvalue weighted by Crippen LogP contribution is 2.21. The molecule has 0 saturated heterocycles. The molecule has 1 aromatic rings. The average molecular weight is 331 g/mol. The molecule has 0 radical (unpaired) electrons. The van der Waals surface area contributed by atoms with Crippen LogP contribution in [0.3, 0.4) is 0 Å². The molecule has 0 spiro atoms. The minimum Gasteiger partial charge on any atom is -0.341 e. The Hall–Kier alpha value is -0.790. The summed E-state index contributed by atoms with van der Waals surface area (Å²) in [4.78, 5) is 11.7. The first-order valence-electron chi connectivity index (χ1n) is 4.28. The number of halogens is 2. The SMILES string of the molecule is CC#CCNC(=O)c1cc(Br)ccc1Br. The molecule has 1 amide bonds. The smallest absolute Gasteiger partial charge is 0.253 e. The molecule has 0 saturated carbocycles. The molecule has 0 atom stereocenters. The van der Waals surface area contributed by atoms with Gasteiger partial charge in [-0.1, -0.05) is 21.9 Å². The molecular formula is C11H9Br2NO. The third kappa shape index (κ3) is 3.69. The maximum Gasteiger partial charge on any atom is 0.253 e. The van der Waals surface area contributed by atoms with Crippen molar-refractivity contribution in [1.29, 1.82) is 0 Å². The van der Waals surface area contributed by atoms with Crippen LogP contribution in [0, 0.1) is 11.8 Å². The van der Waals surface area contributed by atoms with E-state index in [-0.39, 0.29) is 5.91 Å². The van der Waals surface area contributed by atoms with Gasteiger partial charge in [0, 0.05) is 8.95 Å². The largest absolute Gasteiger partial charge is 0.341 e. The van der Waals surface area contributed by atoms with Gasteiger partial charge in [0.1, 0.15) is 0 Å². The molecule has 0 heterocycles. The van der Waals surface area contributed by atoms with Gasteiger partial charge in [0.15, 0.2) is 0 Å². The van der Waals surface area contributed by atoms with Crippen LogP contribution in [-0.4, -0.2) is 12.5 Å². The number of rotatable bonds is 2. The molecule has 0 unspecified atom stereocenters. The van der Waals surface area contributed by atoms with E-state index in [1.807, 2.05) is 12.1 Å². The zero-order valence-electron chi connectivity index (χ0n) is 8.10. The summed E-state index contributed by atoms with van der Waals surface area (Å²) in [6.07, 6.45) is 0. The molecular weight excluding hydrogens is 322 g/mol. The number of carbonyl (C=O) groups is 1. The Balaban J connectivity index is 2.80. The fourth-order valence-corrected chi connectivity index (χ4v) is 1.77. The molecule has 0 aliphatic rings. The summed E-state index contributed by atoms with van der Waals surface area (Å²) in [6.45, 7) is 2.11. The zero-order chi connectivity index (χ0) is 11.3. The number of hydrogen-bond acceptors (Lipinski definition) is 1. The van der Waals surface area contributed by atoms with Gasteiger partial charge in [0.25, 0.3) is 5.91 Å². The first kappa shape index (κ1) is 12.3. The lowest BCUT2D eigenvalue weighted by Crippen LogP contribution is -2.23. The van der Waals surface area contributed by atoms with E-state index in [0.29, 0.717) is 12.1 Å². The topological polar surface area (TPSA) is 29.1 Å². The third-order valence-electron chi connectivity index (χ3n) is 1.69. The molecule has 0 fully saturated rings. The van der Waals surface area contributed by atoms with E-state index in [1.54, 1.807) is 13.0 Å². The van der Waals surface area contributed by atoms with Crippen molar-refractivity contribution in [3.05, 3.63) is 32.7 Å². The van der Waals surface area contributed by atoms with E-state index >= 15 is 0 Å². The molecule has 1 aromatic carbocycles. The van der Waals surface area contributed by atoms with Gasteiger partial charge in [-0.3, -0.25) is 4.79 Å². The first-order chi connectivity index (χ1) is 7.15.